The van der Waals surface area contributed by atoms with Crippen LogP contribution in [0.2, 0.25) is 10.0 Å². The lowest BCUT2D eigenvalue weighted by atomic mass is 9.97. The molecule has 0 saturated heterocycles. The van der Waals surface area contributed by atoms with Gasteiger partial charge in [-0.3, -0.25) is 24.6 Å². The minimum Gasteiger partial charge on any atom is -0.477 e. The molecule has 6 rings (SSSR count). The third-order valence-electron chi connectivity index (χ3n) is 10.0. The smallest absolute Gasteiger partial charge is 0.353 e. The molecule has 0 unspecified atom stereocenters. The van der Waals surface area contributed by atoms with E-state index in [1.165, 1.54) is 26.0 Å². The van der Waals surface area contributed by atoms with Crippen molar-refractivity contribution in [1.82, 2.24) is 25.7 Å². The fraction of sp³-hybridized carbons (Fsp3) is 0.280. The Balaban J connectivity index is 0.000000255. The number of nitrogens with one attached hydrogen (secondary N) is 3. The number of Topliss-reactive ketones (excluding diaryl/α,β-unsaturated/α-hetero) is 2. The quantitative estimate of drug-likeness (QED) is 0.0315. The molecule has 0 bridgehead atoms. The van der Waals surface area contributed by atoms with Crippen molar-refractivity contribution in [2.75, 3.05) is 13.2 Å². The summed E-state index contributed by atoms with van der Waals surface area (Å²) in [6, 6.07) is 32.5. The van der Waals surface area contributed by atoms with Crippen LogP contribution >= 0.6 is 23.2 Å². The number of hydrogen-bond acceptors (Lipinski definition) is 13. The van der Waals surface area contributed by atoms with E-state index in [1.807, 2.05) is 91.0 Å². The lowest BCUT2D eigenvalue weighted by molar-refractivity contribution is -0.154. The highest BCUT2D eigenvalue weighted by Gasteiger charge is 2.25. The van der Waals surface area contributed by atoms with E-state index in [0.717, 1.165) is 33.4 Å². The number of ketones is 2. The molecule has 8 N–H and O–H groups in total. The van der Waals surface area contributed by atoms with Crippen molar-refractivity contribution in [2.24, 2.45) is 5.73 Å². The summed E-state index contributed by atoms with van der Waals surface area (Å²) in [5.41, 5.74) is 12.4. The maximum absolute atomic E-state index is 12.7. The van der Waals surface area contributed by atoms with Crippen LogP contribution in [0.3, 0.4) is 0 Å². The summed E-state index contributed by atoms with van der Waals surface area (Å²) in [6.07, 6.45) is -1.52. The maximum atomic E-state index is 12.7. The molecule has 17 nitrogen and oxygen atoms in total. The number of rotatable bonds is 19. The summed E-state index contributed by atoms with van der Waals surface area (Å²) in [6.45, 7) is 6.41. The first-order valence-electron chi connectivity index (χ1n) is 21.7. The molecule has 2 heterocycles. The number of ether oxygens (including phenoxy) is 2. The number of nitrogens with zero attached hydrogens (tertiary/aromatic N) is 2. The maximum Gasteiger partial charge on any atom is 0.353 e. The van der Waals surface area contributed by atoms with Gasteiger partial charge in [0.1, 0.15) is 22.8 Å². The molecule has 0 saturated carbocycles. The largest absolute Gasteiger partial charge is 0.477 e. The van der Waals surface area contributed by atoms with Gasteiger partial charge < -0.3 is 35.8 Å². The number of carbonyl (C=O) groups is 6. The van der Waals surface area contributed by atoms with Crippen LogP contribution in [0.4, 0.5) is 0 Å². The number of benzene rings is 4. The summed E-state index contributed by atoms with van der Waals surface area (Å²) in [5, 5.41) is 44.6. The Bertz CT molecular complexity index is 2640. The van der Waals surface area contributed by atoms with Crippen LogP contribution in [-0.2, 0) is 31.9 Å². The van der Waals surface area contributed by atoms with Gasteiger partial charge in [-0.15, -0.1) is 0 Å². The van der Waals surface area contributed by atoms with Crippen molar-refractivity contribution in [3.8, 4) is 22.3 Å². The number of halogens is 2. The second-order valence-corrected chi connectivity index (χ2v) is 16.4. The van der Waals surface area contributed by atoms with E-state index < -0.39 is 42.1 Å². The molecule has 6 aromatic rings. The van der Waals surface area contributed by atoms with Crippen molar-refractivity contribution in [3.63, 3.8) is 0 Å². The molecular formula is C50H54Cl2N6O11. The van der Waals surface area contributed by atoms with Crippen LogP contribution in [0, 0.1) is 0 Å². The van der Waals surface area contributed by atoms with E-state index in [0.29, 0.717) is 22.9 Å². The number of hydrogen-bond donors (Lipinski definition) is 7. The number of amides is 1. The summed E-state index contributed by atoms with van der Waals surface area (Å²) < 4.78 is 9.66. The summed E-state index contributed by atoms with van der Waals surface area (Å²) in [5.74, 6) is -3.53. The molecule has 0 fully saturated rings. The average molecular weight is 986 g/mol. The fourth-order valence-electron chi connectivity index (χ4n) is 6.59. The first-order chi connectivity index (χ1) is 32.9. The number of aromatic carboxylic acids is 1. The topological polar surface area (TPSA) is 277 Å². The average Bonchev–Trinajstić information content (AvgIpc) is 4.03. The number of H-pyrrole nitrogens is 2. The van der Waals surface area contributed by atoms with Gasteiger partial charge >= 0.3 is 17.9 Å². The molecular weight excluding hydrogens is 931 g/mol. The van der Waals surface area contributed by atoms with E-state index >= 15 is 0 Å². The molecule has 0 aliphatic heterocycles. The van der Waals surface area contributed by atoms with Crippen molar-refractivity contribution < 1.29 is 53.6 Å². The van der Waals surface area contributed by atoms with Crippen molar-refractivity contribution >= 4 is 58.6 Å². The standard InChI is InChI=1S/C25H26ClN3O5.C19H22ClNO3.C6H6N2O3/c1-3-34-25(33)23(31)13-20(27-24(32)22-14-21(15(2)30)28-29-22)11-16-7-9-17(10-8-16)18-5-4-6-19(26)12-18;1-2-24-19(23)18(22)12-17(21)10-13-6-8-14(9-7-13)15-4-3-5-16(20)11-15;1-3(9)4-2-5(6(10)11)8-7-4/h4-10,12,14,20,23,31H,3,11,13H2,1-2H3,(H,27,32)(H,28,29);3-9,11,17-18,22H,2,10,12,21H2,1H3;2H,1H3,(H,7,8)(H,10,11)/t20-,23-;17-,18-;/m11./s1. The predicted molar refractivity (Wildman–Crippen MR) is 259 cm³/mol. The Morgan fingerprint density at radius 2 is 1.06 bits per heavy atom. The predicted octanol–water partition coefficient (Wildman–Crippen LogP) is 7.09. The van der Waals surface area contributed by atoms with E-state index in [4.69, 9.17) is 43.5 Å². The molecule has 19 heteroatoms. The van der Waals surface area contributed by atoms with Crippen LogP contribution in [0.15, 0.2) is 109 Å². The fourth-order valence-corrected chi connectivity index (χ4v) is 6.97. The number of aromatic amines is 2. The third-order valence-corrected chi connectivity index (χ3v) is 10.5. The molecule has 364 valence electrons. The van der Waals surface area contributed by atoms with E-state index in [1.54, 1.807) is 19.9 Å². The molecule has 4 aromatic carbocycles. The van der Waals surface area contributed by atoms with Gasteiger partial charge in [-0.05, 0) is 96.8 Å². The Morgan fingerprint density at radius 1 is 0.623 bits per heavy atom. The van der Waals surface area contributed by atoms with Crippen LogP contribution in [-0.4, -0.2) is 109 Å². The molecule has 2 aromatic heterocycles. The normalized spacial score (nSPS) is 12.4. The van der Waals surface area contributed by atoms with Gasteiger partial charge in [0, 0.05) is 48.5 Å². The number of carboxylic acid groups (broad SMARTS) is 1. The third kappa shape index (κ3) is 17.9. The Hall–Kier alpha value is -7.02. The number of aliphatic hydroxyl groups is 2. The van der Waals surface area contributed by atoms with E-state index in [2.05, 4.69) is 25.7 Å². The molecule has 1 amide bonds. The number of carbonyl (C=O) groups excluding carboxylic acids is 5. The lowest BCUT2D eigenvalue weighted by Gasteiger charge is -2.21. The Kier molecular flexibility index (Phi) is 21.4. The van der Waals surface area contributed by atoms with Crippen LogP contribution in [0.25, 0.3) is 22.3 Å². The number of aliphatic hydroxyl groups excluding tert-OH is 2. The Morgan fingerprint density at radius 3 is 1.46 bits per heavy atom. The highest BCUT2D eigenvalue weighted by Crippen LogP contribution is 2.25. The summed E-state index contributed by atoms with van der Waals surface area (Å²) in [7, 11) is 0. The van der Waals surface area contributed by atoms with Crippen LogP contribution < -0.4 is 11.1 Å². The first kappa shape index (κ1) is 54.6. The molecule has 4 atom stereocenters. The zero-order valence-corrected chi connectivity index (χ0v) is 39.8. The zero-order chi connectivity index (χ0) is 50.6. The van der Waals surface area contributed by atoms with Crippen molar-refractivity contribution in [3.05, 3.63) is 153 Å². The van der Waals surface area contributed by atoms with Gasteiger partial charge in [-0.25, -0.2) is 14.4 Å². The van der Waals surface area contributed by atoms with Gasteiger partial charge in [-0.1, -0.05) is 96.0 Å². The van der Waals surface area contributed by atoms with Gasteiger partial charge in [0.2, 0.25) is 0 Å². The molecule has 69 heavy (non-hydrogen) atoms. The number of nitrogens with two attached hydrogens (primary N) is 1. The Labute approximate surface area is 408 Å². The second-order valence-electron chi connectivity index (χ2n) is 15.5. The molecule has 0 radical (unpaired) electrons. The van der Waals surface area contributed by atoms with Crippen molar-refractivity contribution in [1.29, 1.82) is 0 Å². The van der Waals surface area contributed by atoms with Gasteiger partial charge in [0.15, 0.2) is 23.8 Å². The second kappa shape index (κ2) is 27.1. The van der Waals surface area contributed by atoms with Crippen LogP contribution in [0.1, 0.15) is 93.6 Å². The van der Waals surface area contributed by atoms with Crippen LogP contribution in [0.5, 0.6) is 0 Å². The number of esters is 2. The zero-order valence-electron chi connectivity index (χ0n) is 38.3. The van der Waals surface area contributed by atoms with E-state index in [-0.39, 0.29) is 66.4 Å². The highest BCUT2D eigenvalue weighted by molar-refractivity contribution is 6.31. The minimum atomic E-state index is -1.40. The van der Waals surface area contributed by atoms with Gasteiger partial charge in [0.25, 0.3) is 5.91 Å². The monoisotopic (exact) mass is 984 g/mol. The first-order valence-corrected chi connectivity index (χ1v) is 22.4. The molecule has 0 aliphatic rings. The molecule has 0 spiro atoms. The molecule has 0 aliphatic carbocycles. The summed E-state index contributed by atoms with van der Waals surface area (Å²) in [4.78, 5) is 68.4. The number of carboxylic acids is 1. The summed E-state index contributed by atoms with van der Waals surface area (Å²) >= 11 is 12.1. The highest BCUT2D eigenvalue weighted by atomic mass is 35.5. The van der Waals surface area contributed by atoms with Gasteiger partial charge in [0.05, 0.1) is 13.2 Å². The SMILES string of the molecule is CC(=O)c1cc(C(=O)O)[nH]n1.CCOC(=O)[C@H](O)C[C@@H](Cc1ccc(-c2cccc(Cl)c2)cc1)NC(=O)c1cc(C(C)=O)n[nH]1.CCOC(=O)[C@H](O)C[C@H](N)Cc1ccc(-c2cccc(Cl)c2)cc1. The van der Waals surface area contributed by atoms with Gasteiger partial charge in [-0.2, -0.15) is 10.2 Å². The minimum absolute atomic E-state index is 0.0473. The van der Waals surface area contributed by atoms with E-state index in [9.17, 15) is 39.0 Å². The number of aromatic nitrogens is 4. The van der Waals surface area contributed by atoms with Crippen molar-refractivity contribution in [2.45, 2.75) is 77.7 Å². The lowest BCUT2D eigenvalue weighted by Crippen LogP contribution is -2.41.